The summed E-state index contributed by atoms with van der Waals surface area (Å²) in [7, 11) is 0. The second kappa shape index (κ2) is 8.43. The van der Waals surface area contributed by atoms with Gasteiger partial charge in [-0.2, -0.15) is 0 Å². The summed E-state index contributed by atoms with van der Waals surface area (Å²) in [5, 5.41) is 24.5. The monoisotopic (exact) mass is 285 g/mol. The second-order valence-electron chi connectivity index (χ2n) is 3.70. The van der Waals surface area contributed by atoms with E-state index in [4.69, 9.17) is 21.1 Å². The molecule has 0 fully saturated rings. The van der Waals surface area contributed by atoms with E-state index in [-0.39, 0.29) is 12.0 Å². The van der Waals surface area contributed by atoms with Crippen LogP contribution in [0.5, 0.6) is 0 Å². The third-order valence-electron chi connectivity index (χ3n) is 1.99. The largest absolute Gasteiger partial charge is 0.480 e. The summed E-state index contributed by atoms with van der Waals surface area (Å²) in [6.45, 7) is 1.22. The molecule has 6 N–H and O–H groups in total. The Morgan fingerprint density at radius 1 is 1.40 bits per heavy atom. The molecule has 0 aromatic carbocycles. The number of nitrogens with one attached hydrogen (secondary N) is 1. The predicted molar refractivity (Wildman–Crippen MR) is 66.9 cm³/mol. The number of nitrogens with two attached hydrogens (primary N) is 1. The quantitative estimate of drug-likeness (QED) is 0.450. The molecule has 1 rings (SSSR count). The highest BCUT2D eigenvalue weighted by Crippen LogP contribution is 1.95. The topological polar surface area (TPSA) is 167 Å². The molecule has 0 spiro atoms. The van der Waals surface area contributed by atoms with E-state index in [1.54, 1.807) is 6.20 Å². The zero-order chi connectivity index (χ0) is 15.7. The number of aromatic nitrogens is 2. The van der Waals surface area contributed by atoms with E-state index >= 15 is 0 Å². The van der Waals surface area contributed by atoms with Crippen LogP contribution in [-0.4, -0.2) is 49.2 Å². The maximum atomic E-state index is 10.3. The summed E-state index contributed by atoms with van der Waals surface area (Å²) in [4.78, 5) is 36.4. The van der Waals surface area contributed by atoms with Gasteiger partial charge in [0.2, 0.25) is 0 Å². The van der Waals surface area contributed by atoms with Gasteiger partial charge < -0.3 is 26.0 Å². The number of aromatic amines is 1. The van der Waals surface area contributed by atoms with Gasteiger partial charge in [-0.15, -0.1) is 0 Å². The molecule has 0 radical (unpaired) electrons. The molecule has 0 bridgehead atoms. The molecule has 1 aromatic rings. The molecule has 0 aliphatic heterocycles. The molecule has 1 heterocycles. The molecule has 0 aliphatic carbocycles. The third-order valence-corrected chi connectivity index (χ3v) is 1.99. The highest BCUT2D eigenvalue weighted by atomic mass is 16.4. The van der Waals surface area contributed by atoms with Gasteiger partial charge in [0, 0.05) is 30.0 Å². The molecule has 1 unspecified atom stereocenters. The van der Waals surface area contributed by atoms with Crippen LogP contribution in [-0.2, 0) is 20.8 Å². The van der Waals surface area contributed by atoms with E-state index in [9.17, 15) is 14.4 Å². The molecule has 110 valence electrons. The molecule has 9 nitrogen and oxygen atoms in total. The van der Waals surface area contributed by atoms with Crippen LogP contribution in [0, 0.1) is 0 Å². The Bertz CT molecular complexity index is 494. The van der Waals surface area contributed by atoms with Crippen molar-refractivity contribution in [2.75, 3.05) is 0 Å². The van der Waals surface area contributed by atoms with E-state index in [2.05, 4.69) is 9.97 Å². The van der Waals surface area contributed by atoms with Gasteiger partial charge in [-0.25, -0.2) is 14.6 Å². The van der Waals surface area contributed by atoms with Crippen LogP contribution in [0.3, 0.4) is 0 Å². The van der Waals surface area contributed by atoms with E-state index in [1.165, 1.54) is 13.3 Å². The van der Waals surface area contributed by atoms with Crippen LogP contribution in [0.2, 0.25) is 0 Å². The van der Waals surface area contributed by atoms with E-state index in [0.717, 1.165) is 5.69 Å². The normalized spacial score (nSPS) is 12.0. The highest BCUT2D eigenvalue weighted by molar-refractivity contribution is 5.93. The van der Waals surface area contributed by atoms with Crippen LogP contribution in [0.25, 0.3) is 0 Å². The Morgan fingerprint density at radius 3 is 2.30 bits per heavy atom. The van der Waals surface area contributed by atoms with Crippen molar-refractivity contribution in [3.05, 3.63) is 29.9 Å². The van der Waals surface area contributed by atoms with Crippen LogP contribution in [0.4, 0.5) is 0 Å². The van der Waals surface area contributed by atoms with Crippen LogP contribution in [0.1, 0.15) is 12.6 Å². The zero-order valence-corrected chi connectivity index (χ0v) is 10.6. The van der Waals surface area contributed by atoms with E-state index in [0.29, 0.717) is 6.08 Å². The third kappa shape index (κ3) is 7.61. The maximum absolute atomic E-state index is 10.3. The molecule has 0 amide bonds. The fourth-order valence-electron chi connectivity index (χ4n) is 0.968. The number of hydrogen-bond donors (Lipinski definition) is 5. The number of carboxylic acids is 3. The van der Waals surface area contributed by atoms with Crippen molar-refractivity contribution in [1.82, 2.24) is 9.97 Å². The lowest BCUT2D eigenvalue weighted by Crippen LogP contribution is -2.32. The van der Waals surface area contributed by atoms with Crippen LogP contribution >= 0.6 is 0 Å². The van der Waals surface area contributed by atoms with Gasteiger partial charge in [-0.05, 0) is 6.92 Å². The molecule has 1 aromatic heterocycles. The summed E-state index contributed by atoms with van der Waals surface area (Å²) >= 11 is 0. The number of hydrogen-bond acceptors (Lipinski definition) is 5. The smallest absolute Gasteiger partial charge is 0.331 e. The molecule has 1 atom stereocenters. The molecule has 0 saturated carbocycles. The molecular weight excluding hydrogens is 270 g/mol. The van der Waals surface area contributed by atoms with Crippen molar-refractivity contribution < 1.29 is 29.7 Å². The lowest BCUT2D eigenvalue weighted by molar-refractivity contribution is -0.138. The first-order chi connectivity index (χ1) is 9.23. The van der Waals surface area contributed by atoms with Crippen LogP contribution in [0.15, 0.2) is 24.2 Å². The average Bonchev–Trinajstić information content (AvgIpc) is 2.81. The van der Waals surface area contributed by atoms with E-state index < -0.39 is 23.9 Å². The summed E-state index contributed by atoms with van der Waals surface area (Å²) in [6, 6.07) is -0.851. The zero-order valence-electron chi connectivity index (χ0n) is 10.6. The van der Waals surface area contributed by atoms with Gasteiger partial charge in [0.25, 0.3) is 0 Å². The fourth-order valence-corrected chi connectivity index (χ4v) is 0.968. The number of nitrogens with zero attached hydrogens (tertiary/aromatic N) is 1. The van der Waals surface area contributed by atoms with E-state index in [1.807, 2.05) is 0 Å². The number of H-pyrrole nitrogens is 1. The van der Waals surface area contributed by atoms with Gasteiger partial charge >= 0.3 is 17.9 Å². The van der Waals surface area contributed by atoms with Gasteiger partial charge in [0.05, 0.1) is 6.33 Å². The average molecular weight is 285 g/mol. The van der Waals surface area contributed by atoms with Crippen molar-refractivity contribution in [3.8, 4) is 0 Å². The summed E-state index contributed by atoms with van der Waals surface area (Å²) in [6.07, 6.45) is 3.98. The first kappa shape index (κ1) is 17.3. The number of rotatable bonds is 5. The maximum Gasteiger partial charge on any atom is 0.331 e. The van der Waals surface area contributed by atoms with Gasteiger partial charge in [-0.3, -0.25) is 4.79 Å². The molecular formula is C11H15N3O6. The predicted octanol–water partition coefficient (Wildman–Crippen LogP) is -0.534. The Balaban J connectivity index is 0.000000370. The van der Waals surface area contributed by atoms with Gasteiger partial charge in [-0.1, -0.05) is 0 Å². The molecule has 0 saturated heterocycles. The second-order valence-corrected chi connectivity index (χ2v) is 3.70. The van der Waals surface area contributed by atoms with Gasteiger partial charge in [0.1, 0.15) is 6.04 Å². The van der Waals surface area contributed by atoms with Crippen molar-refractivity contribution in [3.63, 3.8) is 0 Å². The Labute approximate surface area is 113 Å². The van der Waals surface area contributed by atoms with Gasteiger partial charge in [0.15, 0.2) is 0 Å². The molecule has 0 aliphatic rings. The number of carbonyl (C=O) groups is 3. The lowest BCUT2D eigenvalue weighted by atomic mass is 10.2. The minimum atomic E-state index is -1.24. The Morgan fingerprint density at radius 2 is 2.00 bits per heavy atom. The Hall–Kier alpha value is -2.68. The minimum Gasteiger partial charge on any atom is -0.480 e. The summed E-state index contributed by atoms with van der Waals surface area (Å²) in [5.74, 6) is -3.45. The standard InChI is InChI=1S/C6H9N3O2.C5H6O4/c7-5(6(10)11)1-4-2-8-3-9-4;1-3(5(8)9)2-4(6)7/h2-3,5H,1,7H2,(H,8,9)(H,10,11);2H,1H3,(H,6,7)(H,8,9)/b;3-2+. The van der Waals surface area contributed by atoms with Crippen molar-refractivity contribution in [2.24, 2.45) is 5.73 Å². The highest BCUT2D eigenvalue weighted by Gasteiger charge is 2.12. The minimum absolute atomic E-state index is 0.178. The summed E-state index contributed by atoms with van der Waals surface area (Å²) < 4.78 is 0. The lowest BCUT2D eigenvalue weighted by Gasteiger charge is -2.02. The first-order valence-electron chi connectivity index (χ1n) is 5.34. The van der Waals surface area contributed by atoms with Crippen molar-refractivity contribution in [1.29, 1.82) is 0 Å². The summed E-state index contributed by atoms with van der Waals surface area (Å²) in [5.41, 5.74) is 5.82. The molecule has 20 heavy (non-hydrogen) atoms. The SMILES string of the molecule is C/C(=C\C(=O)O)C(=O)O.NC(Cc1cnc[nH]1)C(=O)O. The number of imidazole rings is 1. The first-order valence-corrected chi connectivity index (χ1v) is 5.34. The van der Waals surface area contributed by atoms with Crippen molar-refractivity contribution >= 4 is 17.9 Å². The molecule has 9 heteroatoms. The Kier molecular flexibility index (Phi) is 7.30. The number of carboxylic acid groups (broad SMARTS) is 3. The van der Waals surface area contributed by atoms with Crippen LogP contribution < -0.4 is 5.73 Å². The number of aliphatic carboxylic acids is 3. The van der Waals surface area contributed by atoms with Crippen molar-refractivity contribution in [2.45, 2.75) is 19.4 Å². The fraction of sp³-hybridized carbons (Fsp3) is 0.273.